The van der Waals surface area contributed by atoms with Crippen LogP contribution in [-0.2, 0) is 11.3 Å². The van der Waals surface area contributed by atoms with E-state index >= 15 is 0 Å². The number of hydrogen-bond donors (Lipinski definition) is 4. The molecule has 2 amide bonds. The third-order valence-electron chi connectivity index (χ3n) is 4.15. The number of anilines is 1. The van der Waals surface area contributed by atoms with Gasteiger partial charge in [0.1, 0.15) is 6.23 Å². The summed E-state index contributed by atoms with van der Waals surface area (Å²) in [5.74, 6) is -0.276. The Labute approximate surface area is 128 Å². The van der Waals surface area contributed by atoms with E-state index in [1.165, 1.54) is 0 Å². The van der Waals surface area contributed by atoms with Crippen LogP contribution in [0.5, 0.6) is 0 Å². The van der Waals surface area contributed by atoms with Gasteiger partial charge in [-0.25, -0.2) is 0 Å². The Bertz CT molecular complexity index is 604. The van der Waals surface area contributed by atoms with Crippen molar-refractivity contribution >= 4 is 17.5 Å². The van der Waals surface area contributed by atoms with Gasteiger partial charge in [-0.05, 0) is 30.2 Å². The van der Waals surface area contributed by atoms with Gasteiger partial charge in [0.15, 0.2) is 0 Å². The molecule has 2 aliphatic rings. The molecular weight excluding hydrogens is 284 g/mol. The van der Waals surface area contributed by atoms with Crippen LogP contribution in [-0.4, -0.2) is 47.2 Å². The van der Waals surface area contributed by atoms with Crippen molar-refractivity contribution in [3.8, 4) is 0 Å². The number of hydrogen-bond acceptors (Lipinski definition) is 5. The van der Waals surface area contributed by atoms with E-state index in [4.69, 9.17) is 5.73 Å². The van der Waals surface area contributed by atoms with E-state index in [-0.39, 0.29) is 17.9 Å². The van der Waals surface area contributed by atoms with Crippen molar-refractivity contribution in [1.82, 2.24) is 10.2 Å². The zero-order valence-electron chi connectivity index (χ0n) is 12.2. The highest BCUT2D eigenvalue weighted by atomic mass is 16.3. The molecule has 22 heavy (non-hydrogen) atoms. The molecule has 0 saturated carbocycles. The predicted molar refractivity (Wildman–Crippen MR) is 81.0 cm³/mol. The minimum Gasteiger partial charge on any atom is -0.384 e. The normalized spacial score (nSPS) is 24.2. The summed E-state index contributed by atoms with van der Waals surface area (Å²) < 4.78 is 0. The molecule has 1 fully saturated rings. The maximum absolute atomic E-state index is 12.5. The van der Waals surface area contributed by atoms with Gasteiger partial charge < -0.3 is 26.4 Å². The largest absolute Gasteiger partial charge is 0.384 e. The van der Waals surface area contributed by atoms with E-state index in [9.17, 15) is 14.7 Å². The maximum atomic E-state index is 12.5. The van der Waals surface area contributed by atoms with E-state index in [2.05, 4.69) is 10.6 Å². The van der Waals surface area contributed by atoms with Crippen LogP contribution in [0.25, 0.3) is 0 Å². The van der Waals surface area contributed by atoms with Gasteiger partial charge in [-0.2, -0.15) is 0 Å². The quantitative estimate of drug-likeness (QED) is 0.606. The molecule has 0 bridgehead atoms. The molecule has 2 unspecified atom stereocenters. The van der Waals surface area contributed by atoms with Crippen LogP contribution in [0.4, 0.5) is 5.69 Å². The third kappa shape index (κ3) is 2.65. The number of carbonyl (C=O) groups excluding carboxylic acids is 2. The predicted octanol–water partition coefficient (Wildman–Crippen LogP) is -0.390. The molecule has 2 atom stereocenters. The number of aliphatic hydroxyl groups is 1. The van der Waals surface area contributed by atoms with Crippen molar-refractivity contribution in [2.45, 2.75) is 31.7 Å². The lowest BCUT2D eigenvalue weighted by Crippen LogP contribution is -2.55. The summed E-state index contributed by atoms with van der Waals surface area (Å²) in [7, 11) is 0. The number of carbonyl (C=O) groups is 2. The summed E-state index contributed by atoms with van der Waals surface area (Å²) in [6.45, 7) is 1.66. The lowest BCUT2D eigenvalue weighted by atomic mass is 10.0. The number of nitrogens with one attached hydrogen (secondary N) is 2. The van der Waals surface area contributed by atoms with Gasteiger partial charge in [-0.15, -0.1) is 0 Å². The van der Waals surface area contributed by atoms with E-state index in [0.717, 1.165) is 11.3 Å². The molecule has 3 rings (SSSR count). The van der Waals surface area contributed by atoms with Crippen LogP contribution < -0.4 is 16.4 Å². The summed E-state index contributed by atoms with van der Waals surface area (Å²) in [6.07, 6.45) is -0.203. The van der Waals surface area contributed by atoms with Crippen LogP contribution in [0.2, 0.25) is 0 Å². The van der Waals surface area contributed by atoms with Crippen LogP contribution in [0.1, 0.15) is 28.8 Å². The van der Waals surface area contributed by atoms with Crippen molar-refractivity contribution in [2.75, 3.05) is 18.4 Å². The molecule has 7 nitrogen and oxygen atoms in total. The number of rotatable bonds is 4. The number of piperidine rings is 1. The zero-order chi connectivity index (χ0) is 15.7. The average Bonchev–Trinajstić information content (AvgIpc) is 2.82. The lowest BCUT2D eigenvalue weighted by molar-refractivity contribution is -0.129. The number of benzene rings is 1. The van der Waals surface area contributed by atoms with Crippen LogP contribution in [0.15, 0.2) is 18.2 Å². The number of fused-ring (bicyclic) bond motifs is 1. The minimum absolute atomic E-state index is 0.0967. The highest BCUT2D eigenvalue weighted by Gasteiger charge is 2.38. The lowest BCUT2D eigenvalue weighted by Gasteiger charge is -2.35. The molecular formula is C15H20N4O3. The second-order valence-corrected chi connectivity index (χ2v) is 5.64. The van der Waals surface area contributed by atoms with Crippen LogP contribution in [0.3, 0.4) is 0 Å². The van der Waals surface area contributed by atoms with Crippen molar-refractivity contribution in [2.24, 2.45) is 5.73 Å². The van der Waals surface area contributed by atoms with E-state index in [0.29, 0.717) is 38.0 Å². The van der Waals surface area contributed by atoms with Gasteiger partial charge in [-0.1, -0.05) is 0 Å². The molecule has 1 aromatic carbocycles. The molecule has 7 heteroatoms. The van der Waals surface area contributed by atoms with Crippen molar-refractivity contribution in [3.63, 3.8) is 0 Å². The summed E-state index contributed by atoms with van der Waals surface area (Å²) in [4.78, 5) is 25.4. The second-order valence-electron chi connectivity index (χ2n) is 5.64. The minimum atomic E-state index is -1.01. The highest BCUT2D eigenvalue weighted by Crippen LogP contribution is 2.30. The molecule has 5 N–H and O–H groups in total. The molecule has 0 aliphatic carbocycles. The Morgan fingerprint density at radius 3 is 2.95 bits per heavy atom. The van der Waals surface area contributed by atoms with E-state index < -0.39 is 6.23 Å². The van der Waals surface area contributed by atoms with Gasteiger partial charge in [0.05, 0.1) is 6.04 Å². The topological polar surface area (TPSA) is 108 Å². The zero-order valence-corrected chi connectivity index (χ0v) is 12.2. The first-order chi connectivity index (χ1) is 10.6. The first kappa shape index (κ1) is 14.8. The molecule has 2 aliphatic heterocycles. The molecule has 0 radical (unpaired) electrons. The Hall–Kier alpha value is -2.12. The SMILES string of the molecule is NCCNc1ccc2c(c1)CN(C1CCC(=O)NC1O)C2=O. The van der Waals surface area contributed by atoms with Crippen molar-refractivity contribution in [1.29, 1.82) is 0 Å². The first-order valence-electron chi connectivity index (χ1n) is 7.45. The standard InChI is InChI=1S/C15H20N4O3/c16-5-6-17-10-1-2-11-9(7-10)8-19(15(11)22)12-3-4-13(20)18-14(12)21/h1-2,7,12,14,17,21H,3-6,8,16H2,(H,18,20). The molecule has 0 spiro atoms. The number of aliphatic hydroxyl groups excluding tert-OH is 1. The van der Waals surface area contributed by atoms with Gasteiger partial charge in [-0.3, -0.25) is 9.59 Å². The van der Waals surface area contributed by atoms with Crippen molar-refractivity contribution in [3.05, 3.63) is 29.3 Å². The molecule has 0 aromatic heterocycles. The fourth-order valence-corrected chi connectivity index (χ4v) is 3.03. The van der Waals surface area contributed by atoms with Crippen LogP contribution in [0, 0.1) is 0 Å². The number of amides is 2. The monoisotopic (exact) mass is 304 g/mol. The smallest absolute Gasteiger partial charge is 0.254 e. The third-order valence-corrected chi connectivity index (χ3v) is 4.15. The maximum Gasteiger partial charge on any atom is 0.254 e. The Kier molecular flexibility index (Phi) is 4.00. The summed E-state index contributed by atoms with van der Waals surface area (Å²) in [5, 5.41) is 15.7. The molecule has 1 saturated heterocycles. The Morgan fingerprint density at radius 2 is 2.23 bits per heavy atom. The molecule has 1 aromatic rings. The Balaban J connectivity index is 1.77. The first-order valence-corrected chi connectivity index (χ1v) is 7.45. The summed E-state index contributed by atoms with van der Waals surface area (Å²) in [5.41, 5.74) is 7.98. The van der Waals surface area contributed by atoms with Gasteiger partial charge in [0, 0.05) is 37.3 Å². The second kappa shape index (κ2) is 5.94. The van der Waals surface area contributed by atoms with Gasteiger partial charge >= 0.3 is 0 Å². The van der Waals surface area contributed by atoms with Gasteiger partial charge in [0.25, 0.3) is 5.91 Å². The highest BCUT2D eigenvalue weighted by molar-refractivity contribution is 5.99. The van der Waals surface area contributed by atoms with E-state index in [1.807, 2.05) is 12.1 Å². The van der Waals surface area contributed by atoms with Crippen molar-refractivity contribution < 1.29 is 14.7 Å². The van der Waals surface area contributed by atoms with E-state index in [1.54, 1.807) is 11.0 Å². The fourth-order valence-electron chi connectivity index (χ4n) is 3.03. The fraction of sp³-hybridized carbons (Fsp3) is 0.467. The number of nitrogens with zero attached hydrogens (tertiary/aromatic N) is 1. The summed E-state index contributed by atoms with van der Waals surface area (Å²) >= 11 is 0. The average molecular weight is 304 g/mol. The molecule has 118 valence electrons. The molecule has 2 heterocycles. The summed E-state index contributed by atoms with van der Waals surface area (Å²) in [6, 6.07) is 5.22. The Morgan fingerprint density at radius 1 is 1.41 bits per heavy atom. The van der Waals surface area contributed by atoms with Gasteiger partial charge in [0.2, 0.25) is 5.91 Å². The number of nitrogens with two attached hydrogens (primary N) is 1. The van der Waals surface area contributed by atoms with Crippen LogP contribution >= 0.6 is 0 Å².